The molecule has 1 aliphatic carbocycles. The Kier molecular flexibility index (Phi) is 6.13. The van der Waals surface area contributed by atoms with Gasteiger partial charge in [-0.2, -0.15) is 0 Å². The van der Waals surface area contributed by atoms with Crippen LogP contribution in [0.25, 0.3) is 0 Å². The van der Waals surface area contributed by atoms with Gasteiger partial charge in [-0.25, -0.2) is 0 Å². The Morgan fingerprint density at radius 1 is 1.28 bits per heavy atom. The van der Waals surface area contributed by atoms with Gasteiger partial charge in [0.05, 0.1) is 0 Å². The lowest BCUT2D eigenvalue weighted by Gasteiger charge is -2.31. The Morgan fingerprint density at radius 3 is 2.61 bits per heavy atom. The van der Waals surface area contributed by atoms with Crippen molar-refractivity contribution in [2.45, 2.75) is 71.3 Å². The number of hydrogen-bond donors (Lipinski definition) is 2. The first-order valence-electron chi connectivity index (χ1n) is 7.44. The van der Waals surface area contributed by atoms with Crippen molar-refractivity contribution in [2.24, 2.45) is 17.6 Å². The second-order valence-corrected chi connectivity index (χ2v) is 6.75. The highest BCUT2D eigenvalue weighted by molar-refractivity contribution is 5.79. The number of amides is 1. The van der Waals surface area contributed by atoms with E-state index in [1.165, 1.54) is 25.7 Å². The average Bonchev–Trinajstić information content (AvgIpc) is 2.27. The molecule has 2 unspecified atom stereocenters. The van der Waals surface area contributed by atoms with Crippen LogP contribution in [0, 0.1) is 11.8 Å². The van der Waals surface area contributed by atoms with Crippen LogP contribution in [0.5, 0.6) is 0 Å². The maximum absolute atomic E-state index is 12.2. The van der Waals surface area contributed by atoms with E-state index in [1.807, 2.05) is 20.8 Å². The Hall–Kier alpha value is -0.570. The predicted octanol–water partition coefficient (Wildman–Crippen LogP) is 2.84. The number of carbonyl (C=O) groups excluding carboxylic acids is 1. The molecular weight excluding hydrogens is 224 g/mol. The fraction of sp³-hybridized carbons (Fsp3) is 0.933. The zero-order valence-electron chi connectivity index (χ0n) is 12.3. The molecule has 0 heterocycles. The number of nitrogens with two attached hydrogens (primary N) is 1. The molecule has 1 fully saturated rings. The van der Waals surface area contributed by atoms with Crippen molar-refractivity contribution < 1.29 is 4.79 Å². The van der Waals surface area contributed by atoms with Gasteiger partial charge in [0, 0.05) is 11.5 Å². The molecule has 0 aromatic heterocycles. The summed E-state index contributed by atoms with van der Waals surface area (Å²) in [6, 6.07) is 0. The van der Waals surface area contributed by atoms with Gasteiger partial charge in [-0.05, 0) is 52.5 Å². The Labute approximate surface area is 112 Å². The third-order valence-corrected chi connectivity index (χ3v) is 3.72. The van der Waals surface area contributed by atoms with Crippen LogP contribution in [0.4, 0.5) is 0 Å². The second-order valence-electron chi connectivity index (χ2n) is 6.75. The van der Waals surface area contributed by atoms with E-state index in [2.05, 4.69) is 5.32 Å². The molecule has 0 spiro atoms. The third-order valence-electron chi connectivity index (χ3n) is 3.72. The Bertz CT molecular complexity index is 258. The van der Waals surface area contributed by atoms with Crippen molar-refractivity contribution in [1.29, 1.82) is 0 Å². The Balaban J connectivity index is 2.36. The smallest absolute Gasteiger partial charge is 0.223 e. The lowest BCUT2D eigenvalue weighted by molar-refractivity contribution is -0.128. The van der Waals surface area contributed by atoms with Gasteiger partial charge in [0.1, 0.15) is 0 Å². The summed E-state index contributed by atoms with van der Waals surface area (Å²) in [5.74, 6) is 1.23. The maximum atomic E-state index is 12.2. The van der Waals surface area contributed by atoms with Crippen LogP contribution in [0.3, 0.4) is 0 Å². The molecule has 0 aromatic rings. The summed E-state index contributed by atoms with van der Waals surface area (Å²) >= 11 is 0. The molecule has 3 N–H and O–H groups in total. The SMILES string of the molecule is CC(C)(C)NC(=O)C1CCCC(CCCCN)C1. The average molecular weight is 254 g/mol. The number of nitrogens with one attached hydrogen (secondary N) is 1. The van der Waals surface area contributed by atoms with Crippen molar-refractivity contribution in [2.75, 3.05) is 6.54 Å². The number of unbranched alkanes of at least 4 members (excludes halogenated alkanes) is 1. The molecule has 0 bridgehead atoms. The fourth-order valence-corrected chi connectivity index (χ4v) is 2.84. The molecule has 1 saturated carbocycles. The topological polar surface area (TPSA) is 55.1 Å². The van der Waals surface area contributed by atoms with E-state index in [0.717, 1.165) is 31.7 Å². The number of rotatable bonds is 5. The second kappa shape index (κ2) is 7.13. The zero-order valence-corrected chi connectivity index (χ0v) is 12.3. The quantitative estimate of drug-likeness (QED) is 0.741. The minimum Gasteiger partial charge on any atom is -0.351 e. The predicted molar refractivity (Wildman–Crippen MR) is 76.2 cm³/mol. The molecule has 18 heavy (non-hydrogen) atoms. The summed E-state index contributed by atoms with van der Waals surface area (Å²) in [4.78, 5) is 12.2. The van der Waals surface area contributed by atoms with Crippen LogP contribution in [0.2, 0.25) is 0 Å². The van der Waals surface area contributed by atoms with Crippen molar-refractivity contribution in [3.05, 3.63) is 0 Å². The van der Waals surface area contributed by atoms with E-state index >= 15 is 0 Å². The summed E-state index contributed by atoms with van der Waals surface area (Å²) in [6.45, 7) is 6.94. The molecule has 1 rings (SSSR count). The van der Waals surface area contributed by atoms with E-state index in [0.29, 0.717) is 0 Å². The van der Waals surface area contributed by atoms with Crippen LogP contribution in [0.1, 0.15) is 65.7 Å². The summed E-state index contributed by atoms with van der Waals surface area (Å²) < 4.78 is 0. The zero-order chi connectivity index (χ0) is 13.6. The van der Waals surface area contributed by atoms with E-state index in [9.17, 15) is 4.79 Å². The molecule has 106 valence electrons. The highest BCUT2D eigenvalue weighted by Gasteiger charge is 2.28. The minimum atomic E-state index is -0.108. The van der Waals surface area contributed by atoms with Crippen molar-refractivity contribution >= 4 is 5.91 Å². The molecule has 0 aliphatic heterocycles. The van der Waals surface area contributed by atoms with Gasteiger partial charge < -0.3 is 11.1 Å². The monoisotopic (exact) mass is 254 g/mol. The molecule has 0 aromatic carbocycles. The number of carbonyl (C=O) groups is 1. The lowest BCUT2D eigenvalue weighted by Crippen LogP contribution is -2.44. The summed E-state index contributed by atoms with van der Waals surface area (Å²) in [6.07, 6.45) is 8.22. The van der Waals surface area contributed by atoms with Crippen molar-refractivity contribution in [3.63, 3.8) is 0 Å². The number of hydrogen-bond acceptors (Lipinski definition) is 2. The maximum Gasteiger partial charge on any atom is 0.223 e. The standard InChI is InChI=1S/C15H30N2O/c1-15(2,3)17-14(18)13-9-6-8-12(11-13)7-4-5-10-16/h12-13H,4-11,16H2,1-3H3,(H,17,18). The summed E-state index contributed by atoms with van der Waals surface area (Å²) in [7, 11) is 0. The van der Waals surface area contributed by atoms with Crippen LogP contribution >= 0.6 is 0 Å². The van der Waals surface area contributed by atoms with Crippen LogP contribution < -0.4 is 11.1 Å². The van der Waals surface area contributed by atoms with Crippen LogP contribution in [0.15, 0.2) is 0 Å². The molecule has 3 nitrogen and oxygen atoms in total. The molecule has 1 amide bonds. The Morgan fingerprint density at radius 2 is 2.00 bits per heavy atom. The third kappa shape index (κ3) is 5.85. The van der Waals surface area contributed by atoms with Crippen molar-refractivity contribution in [1.82, 2.24) is 5.32 Å². The molecular formula is C15H30N2O. The highest BCUT2D eigenvalue weighted by Crippen LogP contribution is 2.32. The van der Waals surface area contributed by atoms with E-state index in [-0.39, 0.29) is 17.4 Å². The summed E-state index contributed by atoms with van der Waals surface area (Å²) in [5.41, 5.74) is 5.42. The molecule has 0 saturated heterocycles. The van der Waals surface area contributed by atoms with Gasteiger partial charge >= 0.3 is 0 Å². The van der Waals surface area contributed by atoms with E-state index < -0.39 is 0 Å². The van der Waals surface area contributed by atoms with Gasteiger partial charge in [0.25, 0.3) is 0 Å². The van der Waals surface area contributed by atoms with Gasteiger partial charge in [0.2, 0.25) is 5.91 Å². The molecule has 2 atom stereocenters. The van der Waals surface area contributed by atoms with Crippen LogP contribution in [-0.4, -0.2) is 18.0 Å². The first-order valence-corrected chi connectivity index (χ1v) is 7.44. The van der Waals surface area contributed by atoms with E-state index in [4.69, 9.17) is 5.73 Å². The fourth-order valence-electron chi connectivity index (χ4n) is 2.84. The highest BCUT2D eigenvalue weighted by atomic mass is 16.2. The largest absolute Gasteiger partial charge is 0.351 e. The molecule has 3 heteroatoms. The molecule has 0 radical (unpaired) electrons. The first kappa shape index (κ1) is 15.5. The minimum absolute atomic E-state index is 0.108. The van der Waals surface area contributed by atoms with E-state index in [1.54, 1.807) is 0 Å². The van der Waals surface area contributed by atoms with Gasteiger partial charge in [-0.1, -0.05) is 25.7 Å². The van der Waals surface area contributed by atoms with Gasteiger partial charge in [-0.3, -0.25) is 4.79 Å². The molecule has 1 aliphatic rings. The summed E-state index contributed by atoms with van der Waals surface area (Å²) in [5, 5.41) is 3.12. The first-order chi connectivity index (χ1) is 8.42. The van der Waals surface area contributed by atoms with Crippen molar-refractivity contribution in [3.8, 4) is 0 Å². The van der Waals surface area contributed by atoms with Gasteiger partial charge in [0.15, 0.2) is 0 Å². The normalized spacial score (nSPS) is 24.9. The van der Waals surface area contributed by atoms with Crippen LogP contribution in [-0.2, 0) is 4.79 Å². The van der Waals surface area contributed by atoms with Gasteiger partial charge in [-0.15, -0.1) is 0 Å². The lowest BCUT2D eigenvalue weighted by atomic mass is 9.78.